The summed E-state index contributed by atoms with van der Waals surface area (Å²) in [5, 5.41) is 0. The monoisotopic (exact) mass is 242 g/mol. The number of hydrogen-bond donors (Lipinski definition) is 0. The van der Waals surface area contributed by atoms with Crippen molar-refractivity contribution in [3.63, 3.8) is 0 Å². The van der Waals surface area contributed by atoms with Crippen LogP contribution in [0.5, 0.6) is 0 Å². The Labute approximate surface area is 109 Å². The molecule has 0 heterocycles. The third kappa shape index (κ3) is 7.77. The lowest BCUT2D eigenvalue weighted by Gasteiger charge is -2.36. The molecule has 0 aliphatic rings. The second-order valence-corrected chi connectivity index (χ2v) is 7.01. The van der Waals surface area contributed by atoms with E-state index in [1.165, 1.54) is 25.9 Å². The van der Waals surface area contributed by atoms with Gasteiger partial charge in [-0.05, 0) is 65.3 Å². The Morgan fingerprint density at radius 2 is 1.35 bits per heavy atom. The maximum atomic E-state index is 2.51. The van der Waals surface area contributed by atoms with Crippen LogP contribution in [0.15, 0.2) is 0 Å². The van der Waals surface area contributed by atoms with Crippen LogP contribution < -0.4 is 0 Å². The summed E-state index contributed by atoms with van der Waals surface area (Å²) in [4.78, 5) is 4.78. The van der Waals surface area contributed by atoms with Crippen molar-refractivity contribution in [2.75, 3.05) is 34.2 Å². The first-order valence-corrected chi connectivity index (χ1v) is 6.99. The smallest absolute Gasteiger partial charge is 0.0112 e. The van der Waals surface area contributed by atoms with Gasteiger partial charge < -0.3 is 9.80 Å². The molecule has 0 rings (SSSR count). The van der Waals surface area contributed by atoms with Crippen molar-refractivity contribution in [2.24, 2.45) is 11.3 Å². The topological polar surface area (TPSA) is 6.48 Å². The molecule has 0 aliphatic heterocycles. The Kier molecular flexibility index (Phi) is 7.34. The van der Waals surface area contributed by atoms with Crippen LogP contribution in [-0.2, 0) is 0 Å². The first-order valence-electron chi connectivity index (χ1n) is 6.99. The zero-order valence-corrected chi connectivity index (χ0v) is 13.4. The van der Waals surface area contributed by atoms with Crippen LogP contribution in [0.2, 0.25) is 0 Å². The predicted molar refractivity (Wildman–Crippen MR) is 78.5 cm³/mol. The second-order valence-electron chi connectivity index (χ2n) is 7.01. The van der Waals surface area contributed by atoms with E-state index in [0.29, 0.717) is 11.5 Å². The molecule has 17 heavy (non-hydrogen) atoms. The normalized spacial score (nSPS) is 16.6. The summed E-state index contributed by atoms with van der Waals surface area (Å²) < 4.78 is 0. The van der Waals surface area contributed by atoms with Crippen LogP contribution >= 0.6 is 0 Å². The molecule has 0 spiro atoms. The van der Waals surface area contributed by atoms with Crippen molar-refractivity contribution in [3.05, 3.63) is 0 Å². The lowest BCUT2D eigenvalue weighted by molar-refractivity contribution is 0.133. The van der Waals surface area contributed by atoms with Gasteiger partial charge >= 0.3 is 0 Å². The standard InChI is InChI=1S/C15H34N2/c1-13(9-11-16(6)7)10-12-17(8)14(2)15(3,4)5/h13-14H,9-12H2,1-8H3/t13?,14-/m1/s1. The van der Waals surface area contributed by atoms with Gasteiger partial charge in [0, 0.05) is 6.04 Å². The number of rotatable bonds is 7. The SMILES string of the molecule is CC(CCN(C)C)CCN(C)[C@H](C)C(C)(C)C. The molecule has 0 saturated carbocycles. The van der Waals surface area contributed by atoms with Crippen molar-refractivity contribution in [1.82, 2.24) is 9.80 Å². The molecule has 0 aromatic heterocycles. The quantitative estimate of drug-likeness (QED) is 0.675. The van der Waals surface area contributed by atoms with E-state index in [9.17, 15) is 0 Å². The molecule has 0 aromatic rings. The number of nitrogens with zero attached hydrogens (tertiary/aromatic N) is 2. The summed E-state index contributed by atoms with van der Waals surface area (Å²) in [5.41, 5.74) is 0.377. The van der Waals surface area contributed by atoms with Gasteiger partial charge in [-0.15, -0.1) is 0 Å². The van der Waals surface area contributed by atoms with Crippen molar-refractivity contribution in [2.45, 2.75) is 53.5 Å². The summed E-state index contributed by atoms with van der Waals surface area (Å²) in [7, 11) is 6.57. The number of hydrogen-bond acceptors (Lipinski definition) is 2. The molecule has 0 N–H and O–H groups in total. The third-order valence-corrected chi connectivity index (χ3v) is 3.96. The van der Waals surface area contributed by atoms with E-state index in [2.05, 4.69) is 65.6 Å². The lowest BCUT2D eigenvalue weighted by atomic mass is 9.87. The first-order chi connectivity index (χ1) is 7.64. The molecule has 0 amide bonds. The van der Waals surface area contributed by atoms with Gasteiger partial charge in [-0.3, -0.25) is 0 Å². The molecule has 2 nitrogen and oxygen atoms in total. The maximum Gasteiger partial charge on any atom is 0.0112 e. The predicted octanol–water partition coefficient (Wildman–Crippen LogP) is 3.33. The summed E-state index contributed by atoms with van der Waals surface area (Å²) in [5.74, 6) is 0.826. The minimum atomic E-state index is 0.377. The molecule has 0 aromatic carbocycles. The Morgan fingerprint density at radius 1 is 0.882 bits per heavy atom. The molecule has 1 unspecified atom stereocenters. The largest absolute Gasteiger partial charge is 0.309 e. The van der Waals surface area contributed by atoms with Gasteiger partial charge in [-0.25, -0.2) is 0 Å². The fraction of sp³-hybridized carbons (Fsp3) is 1.00. The van der Waals surface area contributed by atoms with E-state index in [0.717, 1.165) is 5.92 Å². The molecule has 0 bridgehead atoms. The van der Waals surface area contributed by atoms with Gasteiger partial charge in [0.25, 0.3) is 0 Å². The van der Waals surface area contributed by atoms with Gasteiger partial charge in [0.05, 0.1) is 0 Å². The zero-order valence-electron chi connectivity index (χ0n) is 13.4. The van der Waals surface area contributed by atoms with E-state index in [1.54, 1.807) is 0 Å². The summed E-state index contributed by atoms with van der Waals surface area (Å²) in [6.45, 7) is 14.1. The van der Waals surface area contributed by atoms with Crippen molar-refractivity contribution >= 4 is 0 Å². The van der Waals surface area contributed by atoms with E-state index >= 15 is 0 Å². The van der Waals surface area contributed by atoms with Crippen LogP contribution in [0.25, 0.3) is 0 Å². The highest BCUT2D eigenvalue weighted by molar-refractivity contribution is 4.77. The Bertz CT molecular complexity index is 194. The minimum absolute atomic E-state index is 0.377. The highest BCUT2D eigenvalue weighted by atomic mass is 15.1. The zero-order chi connectivity index (χ0) is 13.6. The highest BCUT2D eigenvalue weighted by Crippen LogP contribution is 2.23. The molecule has 0 radical (unpaired) electrons. The molecular formula is C15H34N2. The first kappa shape index (κ1) is 16.9. The van der Waals surface area contributed by atoms with Crippen molar-refractivity contribution in [1.29, 1.82) is 0 Å². The fourth-order valence-corrected chi connectivity index (χ4v) is 1.90. The Morgan fingerprint density at radius 3 is 1.76 bits per heavy atom. The third-order valence-electron chi connectivity index (χ3n) is 3.96. The molecule has 0 fully saturated rings. The average molecular weight is 242 g/mol. The average Bonchev–Trinajstić information content (AvgIpc) is 2.20. The van der Waals surface area contributed by atoms with Crippen LogP contribution in [0.4, 0.5) is 0 Å². The maximum absolute atomic E-state index is 2.51. The van der Waals surface area contributed by atoms with Gasteiger partial charge in [0.15, 0.2) is 0 Å². The Hall–Kier alpha value is -0.0800. The van der Waals surface area contributed by atoms with Gasteiger partial charge in [-0.2, -0.15) is 0 Å². The molecule has 2 atom stereocenters. The summed E-state index contributed by atoms with van der Waals surface area (Å²) in [6, 6.07) is 0.642. The van der Waals surface area contributed by atoms with Crippen LogP contribution in [0.1, 0.15) is 47.5 Å². The fourth-order valence-electron chi connectivity index (χ4n) is 1.90. The van der Waals surface area contributed by atoms with Crippen LogP contribution in [0.3, 0.4) is 0 Å². The van der Waals surface area contributed by atoms with Gasteiger partial charge in [0.1, 0.15) is 0 Å². The second kappa shape index (κ2) is 7.38. The summed E-state index contributed by atoms with van der Waals surface area (Å²) >= 11 is 0. The summed E-state index contributed by atoms with van der Waals surface area (Å²) in [6.07, 6.45) is 2.62. The Balaban J connectivity index is 3.87. The minimum Gasteiger partial charge on any atom is -0.309 e. The molecule has 0 aliphatic carbocycles. The van der Waals surface area contributed by atoms with Crippen molar-refractivity contribution in [3.8, 4) is 0 Å². The van der Waals surface area contributed by atoms with E-state index < -0.39 is 0 Å². The highest BCUT2D eigenvalue weighted by Gasteiger charge is 2.23. The van der Waals surface area contributed by atoms with Gasteiger partial charge in [0.2, 0.25) is 0 Å². The van der Waals surface area contributed by atoms with Crippen LogP contribution in [0, 0.1) is 11.3 Å². The van der Waals surface area contributed by atoms with E-state index in [-0.39, 0.29) is 0 Å². The molecule has 0 saturated heterocycles. The van der Waals surface area contributed by atoms with E-state index in [1.807, 2.05) is 0 Å². The molecule has 2 heteroatoms. The van der Waals surface area contributed by atoms with Crippen molar-refractivity contribution < 1.29 is 0 Å². The molecular weight excluding hydrogens is 208 g/mol. The van der Waals surface area contributed by atoms with Gasteiger partial charge in [-0.1, -0.05) is 27.7 Å². The lowest BCUT2D eigenvalue weighted by Crippen LogP contribution is -2.40. The molecule has 104 valence electrons. The van der Waals surface area contributed by atoms with Crippen LogP contribution in [-0.4, -0.2) is 50.1 Å². The van der Waals surface area contributed by atoms with E-state index in [4.69, 9.17) is 0 Å².